The van der Waals surface area contributed by atoms with Crippen molar-refractivity contribution in [2.24, 2.45) is 0 Å². The van der Waals surface area contributed by atoms with E-state index in [1.807, 2.05) is 0 Å². The number of rotatable bonds is 4. The molecule has 0 saturated heterocycles. The Labute approximate surface area is 95.3 Å². The fourth-order valence-electron chi connectivity index (χ4n) is 1.19. The maximum Gasteiger partial charge on any atom is 0.240 e. The second kappa shape index (κ2) is 4.82. The Hall–Kier alpha value is -1.11. The number of nitrogens with two attached hydrogens (primary N) is 1. The van der Waals surface area contributed by atoms with Crippen LogP contribution in [0.15, 0.2) is 23.1 Å². The van der Waals surface area contributed by atoms with Gasteiger partial charge in [0.25, 0.3) is 0 Å². The summed E-state index contributed by atoms with van der Waals surface area (Å²) < 4.78 is 26.0. The van der Waals surface area contributed by atoms with Crippen LogP contribution >= 0.6 is 0 Å². The molecule has 0 bridgehead atoms. The average molecular weight is 244 g/mol. The summed E-state index contributed by atoms with van der Waals surface area (Å²) in [5, 5.41) is 8.80. The number of hydrogen-bond acceptors (Lipinski definition) is 4. The molecule has 6 heteroatoms. The van der Waals surface area contributed by atoms with E-state index in [-0.39, 0.29) is 11.5 Å². The van der Waals surface area contributed by atoms with Gasteiger partial charge in [0.05, 0.1) is 11.5 Å². The predicted octanol–water partition coefficient (Wildman–Crippen LogP) is 0.236. The van der Waals surface area contributed by atoms with E-state index < -0.39 is 16.1 Å². The summed E-state index contributed by atoms with van der Waals surface area (Å²) in [6, 6.07) is 3.98. The molecule has 0 aromatic heterocycles. The van der Waals surface area contributed by atoms with Crippen LogP contribution in [-0.2, 0) is 10.0 Å². The Morgan fingerprint density at radius 1 is 1.50 bits per heavy atom. The van der Waals surface area contributed by atoms with Crippen LogP contribution in [0, 0.1) is 6.92 Å². The normalized spacial score (nSPS) is 13.7. The van der Waals surface area contributed by atoms with E-state index in [2.05, 4.69) is 4.72 Å². The van der Waals surface area contributed by atoms with Crippen molar-refractivity contribution in [2.75, 3.05) is 12.3 Å². The zero-order valence-corrected chi connectivity index (χ0v) is 10.1. The molecule has 5 nitrogen and oxygen atoms in total. The third-order valence-electron chi connectivity index (χ3n) is 2.18. The first-order valence-electron chi connectivity index (χ1n) is 4.86. The SMILES string of the molecule is Cc1cc(S(=O)(=O)NC(C)CO)ccc1N. The van der Waals surface area contributed by atoms with Crippen molar-refractivity contribution in [3.05, 3.63) is 23.8 Å². The van der Waals surface area contributed by atoms with E-state index in [0.717, 1.165) is 0 Å². The van der Waals surface area contributed by atoms with Crippen molar-refractivity contribution >= 4 is 15.7 Å². The lowest BCUT2D eigenvalue weighted by Crippen LogP contribution is -2.35. The topological polar surface area (TPSA) is 92.4 Å². The third-order valence-corrected chi connectivity index (χ3v) is 3.77. The number of nitrogens with one attached hydrogen (secondary N) is 1. The first-order chi connectivity index (χ1) is 7.36. The molecule has 0 saturated carbocycles. The minimum atomic E-state index is -3.58. The summed E-state index contributed by atoms with van der Waals surface area (Å²) in [5.41, 5.74) is 6.86. The van der Waals surface area contributed by atoms with Gasteiger partial charge in [0.15, 0.2) is 0 Å². The van der Waals surface area contributed by atoms with Gasteiger partial charge in [0.1, 0.15) is 0 Å². The van der Waals surface area contributed by atoms with Crippen LogP contribution in [-0.4, -0.2) is 26.2 Å². The van der Waals surface area contributed by atoms with Crippen molar-refractivity contribution in [1.29, 1.82) is 0 Å². The Bertz CT molecular complexity index is 471. The number of aliphatic hydroxyl groups is 1. The second-order valence-electron chi connectivity index (χ2n) is 3.72. The molecule has 0 aliphatic carbocycles. The minimum Gasteiger partial charge on any atom is -0.399 e. The van der Waals surface area contributed by atoms with Gasteiger partial charge < -0.3 is 10.8 Å². The zero-order valence-electron chi connectivity index (χ0n) is 9.27. The molecule has 0 radical (unpaired) electrons. The first kappa shape index (κ1) is 13.0. The Balaban J connectivity index is 3.03. The molecule has 1 aromatic carbocycles. The molecule has 1 rings (SSSR count). The molecule has 0 amide bonds. The molecule has 0 aliphatic heterocycles. The van der Waals surface area contributed by atoms with Gasteiger partial charge in [-0.05, 0) is 37.6 Å². The molecule has 16 heavy (non-hydrogen) atoms. The largest absolute Gasteiger partial charge is 0.399 e. The number of anilines is 1. The summed E-state index contributed by atoms with van der Waals surface area (Å²) in [6.45, 7) is 3.08. The van der Waals surface area contributed by atoms with E-state index >= 15 is 0 Å². The van der Waals surface area contributed by atoms with Gasteiger partial charge in [-0.2, -0.15) is 0 Å². The van der Waals surface area contributed by atoms with Crippen LogP contribution in [0.3, 0.4) is 0 Å². The highest BCUT2D eigenvalue weighted by Crippen LogP contribution is 2.16. The molecular formula is C10H16N2O3S. The Morgan fingerprint density at radius 2 is 2.12 bits per heavy atom. The zero-order chi connectivity index (χ0) is 12.3. The van der Waals surface area contributed by atoms with Gasteiger partial charge in [-0.15, -0.1) is 0 Å². The lowest BCUT2D eigenvalue weighted by Gasteiger charge is -2.12. The first-order valence-corrected chi connectivity index (χ1v) is 6.34. The highest BCUT2D eigenvalue weighted by Gasteiger charge is 2.17. The number of sulfonamides is 1. The Kier molecular flexibility index (Phi) is 3.90. The summed E-state index contributed by atoms with van der Waals surface area (Å²) in [4.78, 5) is 0.152. The molecular weight excluding hydrogens is 228 g/mol. The quantitative estimate of drug-likeness (QED) is 0.661. The molecule has 0 aliphatic rings. The highest BCUT2D eigenvalue weighted by atomic mass is 32.2. The molecule has 90 valence electrons. The van der Waals surface area contributed by atoms with Crippen LogP contribution in [0.1, 0.15) is 12.5 Å². The third kappa shape index (κ3) is 2.94. The van der Waals surface area contributed by atoms with E-state index in [1.165, 1.54) is 12.1 Å². The van der Waals surface area contributed by atoms with Crippen LogP contribution < -0.4 is 10.5 Å². The average Bonchev–Trinajstić information content (AvgIpc) is 2.21. The van der Waals surface area contributed by atoms with Gasteiger partial charge in [-0.3, -0.25) is 0 Å². The van der Waals surface area contributed by atoms with Crippen LogP contribution in [0.25, 0.3) is 0 Å². The van der Waals surface area contributed by atoms with Crippen molar-refractivity contribution in [3.8, 4) is 0 Å². The van der Waals surface area contributed by atoms with Crippen LogP contribution in [0.5, 0.6) is 0 Å². The Morgan fingerprint density at radius 3 is 2.62 bits per heavy atom. The van der Waals surface area contributed by atoms with Crippen molar-refractivity contribution < 1.29 is 13.5 Å². The van der Waals surface area contributed by atoms with Gasteiger partial charge in [0, 0.05) is 11.7 Å². The standard InChI is InChI=1S/C10H16N2O3S/c1-7-5-9(3-4-10(7)11)16(14,15)12-8(2)6-13/h3-5,8,12-13H,6,11H2,1-2H3. The van der Waals surface area contributed by atoms with Crippen LogP contribution in [0.4, 0.5) is 5.69 Å². The minimum absolute atomic E-state index is 0.152. The molecule has 1 unspecified atom stereocenters. The smallest absolute Gasteiger partial charge is 0.240 e. The molecule has 1 aromatic rings. The maximum absolute atomic E-state index is 11.8. The van der Waals surface area contributed by atoms with Crippen molar-refractivity contribution in [3.63, 3.8) is 0 Å². The van der Waals surface area contributed by atoms with Gasteiger partial charge in [0.2, 0.25) is 10.0 Å². The highest BCUT2D eigenvalue weighted by molar-refractivity contribution is 7.89. The molecule has 0 fully saturated rings. The fourth-order valence-corrected chi connectivity index (χ4v) is 2.50. The fraction of sp³-hybridized carbons (Fsp3) is 0.400. The van der Waals surface area contributed by atoms with Gasteiger partial charge >= 0.3 is 0 Å². The van der Waals surface area contributed by atoms with Gasteiger partial charge in [-0.1, -0.05) is 0 Å². The van der Waals surface area contributed by atoms with Crippen LogP contribution in [0.2, 0.25) is 0 Å². The van der Waals surface area contributed by atoms with E-state index in [1.54, 1.807) is 19.9 Å². The maximum atomic E-state index is 11.8. The molecule has 4 N–H and O–H groups in total. The van der Waals surface area contributed by atoms with E-state index in [4.69, 9.17) is 10.8 Å². The van der Waals surface area contributed by atoms with Crippen molar-refractivity contribution in [2.45, 2.75) is 24.8 Å². The summed E-state index contributed by atoms with van der Waals surface area (Å²) in [5.74, 6) is 0. The molecule has 1 atom stereocenters. The summed E-state index contributed by atoms with van der Waals surface area (Å²) in [6.07, 6.45) is 0. The van der Waals surface area contributed by atoms with E-state index in [9.17, 15) is 8.42 Å². The molecule has 0 heterocycles. The van der Waals surface area contributed by atoms with E-state index in [0.29, 0.717) is 11.3 Å². The molecule has 0 spiro atoms. The number of aryl methyl sites for hydroxylation is 1. The van der Waals surface area contributed by atoms with Crippen molar-refractivity contribution in [1.82, 2.24) is 4.72 Å². The number of aliphatic hydroxyl groups excluding tert-OH is 1. The number of benzene rings is 1. The van der Waals surface area contributed by atoms with Gasteiger partial charge in [-0.25, -0.2) is 13.1 Å². The number of nitrogen functional groups attached to an aromatic ring is 1. The second-order valence-corrected chi connectivity index (χ2v) is 5.44. The number of hydrogen-bond donors (Lipinski definition) is 3. The summed E-state index contributed by atoms with van der Waals surface area (Å²) in [7, 11) is -3.58. The lowest BCUT2D eigenvalue weighted by molar-refractivity contribution is 0.265. The predicted molar refractivity (Wildman–Crippen MR) is 62.5 cm³/mol. The monoisotopic (exact) mass is 244 g/mol. The summed E-state index contributed by atoms with van der Waals surface area (Å²) >= 11 is 0. The lowest BCUT2D eigenvalue weighted by atomic mass is 10.2.